The Morgan fingerprint density at radius 1 is 1.07 bits per heavy atom. The van der Waals surface area contributed by atoms with E-state index in [-0.39, 0.29) is 6.04 Å². The first-order valence-electron chi connectivity index (χ1n) is 9.75. The minimum absolute atomic E-state index is 0.242. The molecule has 4 rings (SSSR count). The van der Waals surface area contributed by atoms with Crippen LogP contribution in [0, 0.1) is 0 Å². The summed E-state index contributed by atoms with van der Waals surface area (Å²) in [7, 11) is 0. The van der Waals surface area contributed by atoms with E-state index in [0.717, 1.165) is 74.1 Å². The standard InChI is InChI=1S/C20H26ClN5OS/c21-17-3-1-16(2-4-17)18(25-5-9-27-10-6-25)14-22-19-13-20(24-15-23-19)26-7-11-28-12-8-26/h1-4,13,15,18H,5-12,14H2,(H,22,23,24). The van der Waals surface area contributed by atoms with Crippen LogP contribution in [0.25, 0.3) is 0 Å². The van der Waals surface area contributed by atoms with Gasteiger partial charge in [0.05, 0.1) is 19.3 Å². The van der Waals surface area contributed by atoms with Gasteiger partial charge in [0, 0.05) is 55.3 Å². The summed E-state index contributed by atoms with van der Waals surface area (Å²) >= 11 is 8.09. The van der Waals surface area contributed by atoms with E-state index >= 15 is 0 Å². The molecule has 150 valence electrons. The second kappa shape index (κ2) is 9.78. The molecule has 0 radical (unpaired) electrons. The number of morpholine rings is 1. The third-order valence-corrected chi connectivity index (χ3v) is 6.40. The molecule has 0 amide bonds. The number of hydrogen-bond acceptors (Lipinski definition) is 7. The average Bonchev–Trinajstić information content (AvgIpc) is 2.77. The van der Waals surface area contributed by atoms with Gasteiger partial charge in [-0.05, 0) is 17.7 Å². The highest BCUT2D eigenvalue weighted by Crippen LogP contribution is 2.25. The summed E-state index contributed by atoms with van der Waals surface area (Å²) in [4.78, 5) is 13.7. The van der Waals surface area contributed by atoms with Crippen LogP contribution in [0.3, 0.4) is 0 Å². The van der Waals surface area contributed by atoms with Crippen molar-refractivity contribution in [1.82, 2.24) is 14.9 Å². The molecule has 1 aromatic heterocycles. The van der Waals surface area contributed by atoms with Gasteiger partial charge < -0.3 is 15.0 Å². The summed E-state index contributed by atoms with van der Waals surface area (Å²) < 4.78 is 5.54. The fourth-order valence-electron chi connectivity index (χ4n) is 3.64. The molecule has 2 aliphatic rings. The topological polar surface area (TPSA) is 53.5 Å². The van der Waals surface area contributed by atoms with Crippen molar-refractivity contribution >= 4 is 35.0 Å². The highest BCUT2D eigenvalue weighted by molar-refractivity contribution is 7.99. The molecular formula is C20H26ClN5OS. The molecule has 0 aliphatic carbocycles. The minimum Gasteiger partial charge on any atom is -0.379 e. The number of rotatable bonds is 6. The minimum atomic E-state index is 0.242. The molecule has 2 aromatic rings. The van der Waals surface area contributed by atoms with E-state index < -0.39 is 0 Å². The van der Waals surface area contributed by atoms with Crippen LogP contribution >= 0.6 is 23.4 Å². The van der Waals surface area contributed by atoms with Crippen LogP contribution < -0.4 is 10.2 Å². The number of nitrogens with zero attached hydrogens (tertiary/aromatic N) is 4. The first-order valence-corrected chi connectivity index (χ1v) is 11.3. The van der Waals surface area contributed by atoms with Crippen LogP contribution in [-0.2, 0) is 4.74 Å². The lowest BCUT2D eigenvalue weighted by Gasteiger charge is -2.35. The average molecular weight is 420 g/mol. The predicted octanol–water partition coefficient (Wildman–Crippen LogP) is 3.17. The van der Waals surface area contributed by atoms with E-state index in [1.54, 1.807) is 6.33 Å². The normalized spacial score (nSPS) is 19.4. The molecule has 3 heterocycles. The van der Waals surface area contributed by atoms with E-state index in [0.29, 0.717) is 0 Å². The molecule has 6 nitrogen and oxygen atoms in total. The lowest BCUT2D eigenvalue weighted by atomic mass is 10.0. The van der Waals surface area contributed by atoms with Gasteiger partial charge in [0.2, 0.25) is 0 Å². The van der Waals surface area contributed by atoms with Gasteiger partial charge in [0.1, 0.15) is 18.0 Å². The lowest BCUT2D eigenvalue weighted by molar-refractivity contribution is 0.0187. The number of hydrogen-bond donors (Lipinski definition) is 1. The molecule has 2 aliphatic heterocycles. The first kappa shape index (κ1) is 19.8. The third-order valence-electron chi connectivity index (χ3n) is 5.21. The number of anilines is 2. The maximum Gasteiger partial charge on any atom is 0.134 e. The van der Waals surface area contributed by atoms with Crippen molar-refractivity contribution in [3.8, 4) is 0 Å². The van der Waals surface area contributed by atoms with Crippen molar-refractivity contribution in [1.29, 1.82) is 0 Å². The van der Waals surface area contributed by atoms with Gasteiger partial charge in [-0.15, -0.1) is 0 Å². The Bertz CT molecular complexity index is 751. The monoisotopic (exact) mass is 419 g/mol. The Labute approximate surface area is 175 Å². The smallest absolute Gasteiger partial charge is 0.134 e. The Hall–Kier alpha value is -1.54. The molecule has 28 heavy (non-hydrogen) atoms. The second-order valence-electron chi connectivity index (χ2n) is 6.96. The first-order chi connectivity index (χ1) is 13.8. The van der Waals surface area contributed by atoms with Crippen LogP contribution in [-0.4, -0.2) is 72.3 Å². The van der Waals surface area contributed by atoms with Crippen molar-refractivity contribution in [2.24, 2.45) is 0 Å². The van der Waals surface area contributed by atoms with Gasteiger partial charge in [0.15, 0.2) is 0 Å². The van der Waals surface area contributed by atoms with Crippen LogP contribution in [0.2, 0.25) is 5.02 Å². The van der Waals surface area contributed by atoms with Gasteiger partial charge in [0.25, 0.3) is 0 Å². The highest BCUT2D eigenvalue weighted by atomic mass is 35.5. The van der Waals surface area contributed by atoms with Gasteiger partial charge in [-0.2, -0.15) is 11.8 Å². The van der Waals surface area contributed by atoms with E-state index in [2.05, 4.69) is 43.3 Å². The highest BCUT2D eigenvalue weighted by Gasteiger charge is 2.23. The van der Waals surface area contributed by atoms with Crippen LogP contribution in [0.1, 0.15) is 11.6 Å². The summed E-state index contributed by atoms with van der Waals surface area (Å²) in [5, 5.41) is 4.30. The Balaban J connectivity index is 1.47. The van der Waals surface area contributed by atoms with Crippen molar-refractivity contribution < 1.29 is 4.74 Å². The molecule has 1 atom stereocenters. The van der Waals surface area contributed by atoms with Crippen molar-refractivity contribution in [3.63, 3.8) is 0 Å². The molecule has 0 spiro atoms. The van der Waals surface area contributed by atoms with E-state index in [9.17, 15) is 0 Å². The fraction of sp³-hybridized carbons (Fsp3) is 0.500. The zero-order valence-electron chi connectivity index (χ0n) is 15.9. The largest absolute Gasteiger partial charge is 0.379 e. The lowest BCUT2D eigenvalue weighted by Crippen LogP contribution is -2.41. The molecule has 2 saturated heterocycles. The van der Waals surface area contributed by atoms with Crippen molar-refractivity contribution in [2.75, 3.05) is 67.7 Å². The Kier molecular flexibility index (Phi) is 6.90. The Morgan fingerprint density at radius 2 is 1.82 bits per heavy atom. The number of halogens is 1. The molecule has 2 fully saturated rings. The third kappa shape index (κ3) is 5.08. The van der Waals surface area contributed by atoms with E-state index in [1.807, 2.05) is 23.9 Å². The number of ether oxygens (including phenoxy) is 1. The summed E-state index contributed by atoms with van der Waals surface area (Å²) in [5.41, 5.74) is 1.25. The second-order valence-corrected chi connectivity index (χ2v) is 8.62. The summed E-state index contributed by atoms with van der Waals surface area (Å²) in [5.74, 6) is 4.19. The zero-order chi connectivity index (χ0) is 19.2. The number of thioether (sulfide) groups is 1. The molecule has 8 heteroatoms. The van der Waals surface area contributed by atoms with Crippen LogP contribution in [0.5, 0.6) is 0 Å². The van der Waals surface area contributed by atoms with Gasteiger partial charge >= 0.3 is 0 Å². The van der Waals surface area contributed by atoms with Gasteiger partial charge in [-0.25, -0.2) is 9.97 Å². The van der Waals surface area contributed by atoms with Crippen molar-refractivity contribution in [2.45, 2.75) is 6.04 Å². The van der Waals surface area contributed by atoms with E-state index in [1.165, 1.54) is 5.56 Å². The zero-order valence-corrected chi connectivity index (χ0v) is 17.5. The summed E-state index contributed by atoms with van der Waals surface area (Å²) in [6, 6.07) is 10.4. The number of aromatic nitrogens is 2. The fourth-order valence-corrected chi connectivity index (χ4v) is 4.67. The Morgan fingerprint density at radius 3 is 2.57 bits per heavy atom. The molecule has 1 N–H and O–H groups in total. The number of nitrogens with one attached hydrogen (secondary N) is 1. The summed E-state index contributed by atoms with van der Waals surface area (Å²) in [6.07, 6.45) is 1.66. The molecule has 0 bridgehead atoms. The SMILES string of the molecule is Clc1ccc(C(CNc2cc(N3CCSCC3)ncn2)N2CCOCC2)cc1. The molecular weight excluding hydrogens is 394 g/mol. The van der Waals surface area contributed by atoms with Crippen LogP contribution in [0.15, 0.2) is 36.7 Å². The van der Waals surface area contributed by atoms with E-state index in [4.69, 9.17) is 16.3 Å². The quantitative estimate of drug-likeness (QED) is 0.771. The van der Waals surface area contributed by atoms with Crippen molar-refractivity contribution in [3.05, 3.63) is 47.2 Å². The van der Waals surface area contributed by atoms with Gasteiger partial charge in [-0.3, -0.25) is 4.90 Å². The predicted molar refractivity (Wildman–Crippen MR) is 117 cm³/mol. The maximum absolute atomic E-state index is 6.09. The molecule has 1 unspecified atom stereocenters. The maximum atomic E-state index is 6.09. The number of benzene rings is 1. The molecule has 0 saturated carbocycles. The summed E-state index contributed by atoms with van der Waals surface area (Å²) in [6.45, 7) is 6.26. The van der Waals surface area contributed by atoms with Crippen LogP contribution in [0.4, 0.5) is 11.6 Å². The van der Waals surface area contributed by atoms with Gasteiger partial charge in [-0.1, -0.05) is 23.7 Å². The molecule has 1 aromatic carbocycles.